The predicted molar refractivity (Wildman–Crippen MR) is 151 cm³/mol. The van der Waals surface area contributed by atoms with E-state index in [0.717, 1.165) is 56.7 Å². The Kier molecular flexibility index (Phi) is 5.81. The number of fused-ring (bicyclic) bond motifs is 5. The number of ether oxygens (including phenoxy) is 1. The van der Waals surface area contributed by atoms with Crippen molar-refractivity contribution in [3.05, 3.63) is 29.8 Å². The van der Waals surface area contributed by atoms with Gasteiger partial charge in [-0.15, -0.1) is 0 Å². The van der Waals surface area contributed by atoms with E-state index in [1.165, 1.54) is 18.2 Å². The average Bonchev–Trinajstić information content (AvgIpc) is 3.69. The van der Waals surface area contributed by atoms with Gasteiger partial charge in [-0.2, -0.15) is 9.97 Å². The van der Waals surface area contributed by atoms with Gasteiger partial charge in [-0.3, -0.25) is 4.90 Å². The highest BCUT2D eigenvalue weighted by atomic mass is 32.1. The van der Waals surface area contributed by atoms with Gasteiger partial charge in [-0.25, -0.2) is 23.1 Å². The molecule has 0 amide bonds. The van der Waals surface area contributed by atoms with Crippen LogP contribution in [0.4, 0.5) is 24.1 Å². The molecule has 0 saturated carbocycles. The summed E-state index contributed by atoms with van der Waals surface area (Å²) in [4.78, 5) is 22.6. The van der Waals surface area contributed by atoms with Crippen LogP contribution in [0.2, 0.25) is 0 Å². The molecule has 4 fully saturated rings. The topological polar surface area (TPSA) is 105 Å². The van der Waals surface area contributed by atoms with Crippen LogP contribution in [-0.2, 0) is 0 Å². The van der Waals surface area contributed by atoms with Gasteiger partial charge in [0.2, 0.25) is 0 Å². The molecule has 0 radical (unpaired) electrons. The van der Waals surface area contributed by atoms with Gasteiger partial charge in [0.05, 0.1) is 21.1 Å². The van der Waals surface area contributed by atoms with Crippen LogP contribution < -0.4 is 20.7 Å². The summed E-state index contributed by atoms with van der Waals surface area (Å²) in [6, 6.07) is 4.91. The zero-order valence-corrected chi connectivity index (χ0v) is 23.1. The second-order valence-electron chi connectivity index (χ2n) is 11.8. The second kappa shape index (κ2) is 9.36. The number of anilines is 2. The number of hydrogen-bond donors (Lipinski definition) is 2. The van der Waals surface area contributed by atoms with Gasteiger partial charge < -0.3 is 20.7 Å². The number of nitrogens with one attached hydrogen (secondary N) is 1. The molecule has 214 valence electrons. The van der Waals surface area contributed by atoms with E-state index < -0.39 is 17.8 Å². The molecule has 2 unspecified atom stereocenters. The monoisotopic (exact) mass is 582 g/mol. The van der Waals surface area contributed by atoms with E-state index in [2.05, 4.69) is 30.1 Å². The van der Waals surface area contributed by atoms with Gasteiger partial charge in [0.1, 0.15) is 35.9 Å². The highest BCUT2D eigenvalue weighted by Gasteiger charge is 2.49. The number of piperazine rings is 1. The maximum Gasteiger partial charge on any atom is 0.320 e. The zero-order valence-electron chi connectivity index (χ0n) is 22.2. The lowest BCUT2D eigenvalue weighted by molar-refractivity contribution is 0.107. The standard InChI is InChI=1S/C28H29F3N8OS/c29-14-9-28(6-1-7-39(28)10-14)13-40-27-36-24-18(25(37-27)38-11-15-2-3-16(12-38)33-15)8-20(31)21(34-24)17-4-5-19(30)23-22(17)35-26(32)41-23/h4-5,8,14-16,33H,1-3,6-7,9-13H2,(H2,32,35)/t14-,15?,16?,28+/m1/s1. The summed E-state index contributed by atoms with van der Waals surface area (Å²) >= 11 is 1.01. The van der Waals surface area contributed by atoms with Crippen LogP contribution in [-0.4, -0.2) is 81.4 Å². The molecule has 9 nitrogen and oxygen atoms in total. The van der Waals surface area contributed by atoms with Crippen LogP contribution in [0.25, 0.3) is 32.5 Å². The third-order valence-electron chi connectivity index (χ3n) is 9.11. The summed E-state index contributed by atoms with van der Waals surface area (Å²) < 4.78 is 51.1. The highest BCUT2D eigenvalue weighted by Crippen LogP contribution is 2.41. The van der Waals surface area contributed by atoms with E-state index in [1.54, 1.807) is 0 Å². The molecule has 0 aliphatic carbocycles. The summed E-state index contributed by atoms with van der Waals surface area (Å²) in [6.07, 6.45) is 3.57. The molecule has 1 aromatic carbocycles. The maximum atomic E-state index is 15.8. The van der Waals surface area contributed by atoms with Crippen molar-refractivity contribution < 1.29 is 17.9 Å². The van der Waals surface area contributed by atoms with Crippen molar-refractivity contribution in [1.29, 1.82) is 0 Å². The normalized spacial score (nSPS) is 27.8. The minimum Gasteiger partial charge on any atom is -0.461 e. The largest absolute Gasteiger partial charge is 0.461 e. The predicted octanol–water partition coefficient (Wildman–Crippen LogP) is 4.06. The molecule has 7 heterocycles. The summed E-state index contributed by atoms with van der Waals surface area (Å²) in [5.41, 5.74) is 6.36. The number of halogens is 3. The first-order valence-corrected chi connectivity index (χ1v) is 14.9. The van der Waals surface area contributed by atoms with Gasteiger partial charge in [-0.05, 0) is 50.4 Å². The maximum absolute atomic E-state index is 15.8. The lowest BCUT2D eigenvalue weighted by Crippen LogP contribution is -2.51. The van der Waals surface area contributed by atoms with Crippen molar-refractivity contribution in [2.75, 3.05) is 43.4 Å². The molecule has 4 aromatic rings. The fourth-order valence-corrected chi connectivity index (χ4v) is 8.05. The molecule has 41 heavy (non-hydrogen) atoms. The Hall–Kier alpha value is -3.29. The number of rotatable bonds is 5. The Bertz CT molecular complexity index is 1670. The number of thiazole rings is 1. The minimum atomic E-state index is -0.872. The summed E-state index contributed by atoms with van der Waals surface area (Å²) in [5, 5.41) is 4.27. The van der Waals surface area contributed by atoms with Crippen LogP contribution in [0.3, 0.4) is 0 Å². The fraction of sp³-hybridized carbons (Fsp3) is 0.500. The number of nitrogen functional groups attached to an aromatic ring is 1. The molecule has 0 spiro atoms. The Morgan fingerprint density at radius 2 is 1.90 bits per heavy atom. The lowest BCUT2D eigenvalue weighted by Gasteiger charge is -2.34. The number of nitrogens with zero attached hydrogens (tertiary/aromatic N) is 6. The van der Waals surface area contributed by atoms with Gasteiger partial charge in [-0.1, -0.05) is 11.3 Å². The number of benzene rings is 1. The molecule has 13 heteroatoms. The molecule has 2 bridgehead atoms. The Morgan fingerprint density at radius 1 is 1.07 bits per heavy atom. The summed E-state index contributed by atoms with van der Waals surface area (Å²) in [5.74, 6) is -0.497. The molecule has 4 saturated heterocycles. The van der Waals surface area contributed by atoms with Crippen molar-refractivity contribution in [3.8, 4) is 17.3 Å². The number of aromatic nitrogens is 4. The Morgan fingerprint density at radius 3 is 2.73 bits per heavy atom. The van der Waals surface area contributed by atoms with E-state index in [4.69, 9.17) is 15.5 Å². The van der Waals surface area contributed by atoms with Gasteiger partial charge in [0.15, 0.2) is 10.8 Å². The lowest BCUT2D eigenvalue weighted by atomic mass is 9.95. The molecule has 4 atom stereocenters. The zero-order chi connectivity index (χ0) is 27.9. The van der Waals surface area contributed by atoms with Crippen molar-refractivity contribution in [1.82, 2.24) is 30.2 Å². The van der Waals surface area contributed by atoms with Gasteiger partial charge >= 0.3 is 6.01 Å². The third-order valence-corrected chi connectivity index (χ3v) is 10.0. The Balaban J connectivity index is 1.23. The highest BCUT2D eigenvalue weighted by molar-refractivity contribution is 7.22. The van der Waals surface area contributed by atoms with E-state index in [9.17, 15) is 8.78 Å². The van der Waals surface area contributed by atoms with Gasteiger partial charge in [0, 0.05) is 43.7 Å². The molecule has 4 aliphatic heterocycles. The van der Waals surface area contributed by atoms with E-state index in [-0.39, 0.29) is 44.8 Å². The number of alkyl halides is 1. The minimum absolute atomic E-state index is 0.000376. The first-order chi connectivity index (χ1) is 19.8. The van der Waals surface area contributed by atoms with E-state index in [0.29, 0.717) is 41.8 Å². The quantitative estimate of drug-likeness (QED) is 0.361. The smallest absolute Gasteiger partial charge is 0.320 e. The van der Waals surface area contributed by atoms with E-state index in [1.807, 2.05) is 0 Å². The second-order valence-corrected chi connectivity index (χ2v) is 12.8. The Labute approximate surface area is 237 Å². The summed E-state index contributed by atoms with van der Waals surface area (Å²) in [6.45, 7) is 3.01. The number of nitrogens with two attached hydrogens (primary N) is 1. The molecule has 3 aromatic heterocycles. The van der Waals surface area contributed by atoms with Crippen molar-refractivity contribution in [2.24, 2.45) is 0 Å². The van der Waals surface area contributed by atoms with Crippen LogP contribution in [0.1, 0.15) is 32.1 Å². The number of pyridine rings is 1. The van der Waals surface area contributed by atoms with Crippen molar-refractivity contribution in [2.45, 2.75) is 55.9 Å². The SMILES string of the molecule is Nc1nc2c(-c3nc4nc(OC[C@@]56CCCN5C[C@H](F)C6)nc(N5CC6CCC(C5)N6)c4cc3F)ccc(F)c2s1. The molecule has 3 N–H and O–H groups in total. The first-order valence-electron chi connectivity index (χ1n) is 14.1. The fourth-order valence-electron chi connectivity index (χ4n) is 7.29. The summed E-state index contributed by atoms with van der Waals surface area (Å²) in [7, 11) is 0. The van der Waals surface area contributed by atoms with Crippen molar-refractivity contribution >= 4 is 43.5 Å². The third kappa shape index (κ3) is 4.19. The molecule has 4 aliphatic rings. The first kappa shape index (κ1) is 25.4. The van der Waals surface area contributed by atoms with Gasteiger partial charge in [0.25, 0.3) is 0 Å². The molecular weight excluding hydrogens is 553 g/mol. The van der Waals surface area contributed by atoms with Crippen LogP contribution in [0.15, 0.2) is 18.2 Å². The van der Waals surface area contributed by atoms with E-state index >= 15 is 4.39 Å². The molecule has 8 rings (SSSR count). The van der Waals surface area contributed by atoms with Crippen molar-refractivity contribution in [3.63, 3.8) is 0 Å². The van der Waals surface area contributed by atoms with Crippen LogP contribution in [0.5, 0.6) is 6.01 Å². The number of hydrogen-bond acceptors (Lipinski definition) is 10. The van der Waals surface area contributed by atoms with Crippen LogP contribution >= 0.6 is 11.3 Å². The van der Waals surface area contributed by atoms with Crippen LogP contribution in [0, 0.1) is 11.6 Å². The molecular formula is C28H29F3N8OS. The average molecular weight is 583 g/mol.